The normalized spacial score (nSPS) is 11.0. The largest absolute Gasteiger partial charge is 0.333 e. The molecule has 3 aromatic carbocycles. The fraction of sp³-hybridized carbons (Fsp3) is 0.219. The Morgan fingerprint density at radius 3 is 1.69 bits per heavy atom. The molecule has 0 unspecified atom stereocenters. The molecule has 0 spiro atoms. The highest BCUT2D eigenvalue weighted by Crippen LogP contribution is 2.41. The summed E-state index contributed by atoms with van der Waals surface area (Å²) in [5, 5.41) is 0. The molecule has 0 atom stereocenters. The Kier molecular flexibility index (Phi) is 8.19. The van der Waals surface area contributed by atoms with E-state index in [1.807, 2.05) is 17.5 Å². The molecule has 0 saturated heterocycles. The van der Waals surface area contributed by atoms with Gasteiger partial charge in [-0.15, -0.1) is 11.3 Å². The smallest absolute Gasteiger partial charge is 0.144 e. The molecule has 0 fully saturated rings. The average Bonchev–Trinajstić information content (AvgIpc) is 3.60. The number of hydrogen-bond donors (Lipinski definition) is 1. The summed E-state index contributed by atoms with van der Waals surface area (Å²) < 4.78 is 2.29. The van der Waals surface area contributed by atoms with E-state index in [0.29, 0.717) is 11.8 Å². The Bertz CT molecular complexity index is 1370. The van der Waals surface area contributed by atoms with Crippen LogP contribution in [0.1, 0.15) is 50.7 Å². The third-order valence-electron chi connectivity index (χ3n) is 6.28. The summed E-state index contributed by atoms with van der Waals surface area (Å²) >= 11 is 1.86. The van der Waals surface area contributed by atoms with Crippen LogP contribution < -0.4 is 5.73 Å². The van der Waals surface area contributed by atoms with Crippen molar-refractivity contribution in [1.82, 2.24) is 9.55 Å². The summed E-state index contributed by atoms with van der Waals surface area (Å²) in [5.41, 5.74) is 12.2. The number of rotatable bonds is 6. The van der Waals surface area contributed by atoms with E-state index in [9.17, 15) is 0 Å². The van der Waals surface area contributed by atoms with Gasteiger partial charge in [-0.2, -0.15) is 0 Å². The van der Waals surface area contributed by atoms with Crippen molar-refractivity contribution < 1.29 is 0 Å². The molecule has 36 heavy (non-hydrogen) atoms. The zero-order valence-electron chi connectivity index (χ0n) is 21.8. The zero-order valence-corrected chi connectivity index (χ0v) is 22.6. The maximum atomic E-state index is 4.75. The summed E-state index contributed by atoms with van der Waals surface area (Å²) in [7, 11) is 1.50. The molecular formula is C32H35N3S. The SMILES string of the molecule is CC(C)c1cc(-c2ccc(-c3ccccc3)s2)cc(C(C)C)c1-n1ccnc1-c1ccccc1.CN. The topological polar surface area (TPSA) is 43.8 Å². The standard InChI is InChI=1S/C31H30N2S.CH5N/c1-21(2)26-19-25(29-16-15-28(34-29)23-11-7-5-8-12-23)20-27(22(3)4)30(26)33-18-17-32-31(33)24-13-9-6-10-14-24;1-2/h5-22H,1-4H3;2H2,1H3. The maximum absolute atomic E-state index is 4.75. The van der Waals surface area contributed by atoms with E-state index in [1.54, 1.807) is 0 Å². The molecule has 0 radical (unpaired) electrons. The van der Waals surface area contributed by atoms with Gasteiger partial charge in [0.05, 0.1) is 5.69 Å². The molecule has 4 heteroatoms. The molecule has 3 nitrogen and oxygen atoms in total. The van der Waals surface area contributed by atoms with E-state index in [2.05, 4.69) is 129 Å². The summed E-state index contributed by atoms with van der Waals surface area (Å²) in [4.78, 5) is 7.36. The third kappa shape index (κ3) is 5.20. The van der Waals surface area contributed by atoms with Crippen LogP contribution in [0, 0.1) is 0 Å². The first-order valence-electron chi connectivity index (χ1n) is 12.5. The van der Waals surface area contributed by atoms with Crippen molar-refractivity contribution in [3.05, 3.63) is 108 Å². The predicted molar refractivity (Wildman–Crippen MR) is 156 cm³/mol. The third-order valence-corrected chi connectivity index (χ3v) is 7.46. The molecular weight excluding hydrogens is 458 g/mol. The summed E-state index contributed by atoms with van der Waals surface area (Å²) in [6.07, 6.45) is 4.02. The molecule has 0 amide bonds. The van der Waals surface area contributed by atoms with Crippen molar-refractivity contribution in [1.29, 1.82) is 0 Å². The number of imidazole rings is 1. The number of aromatic nitrogens is 2. The molecule has 0 aliphatic carbocycles. The second kappa shape index (κ2) is 11.5. The second-order valence-electron chi connectivity index (χ2n) is 9.33. The fourth-order valence-corrected chi connectivity index (χ4v) is 5.51. The van der Waals surface area contributed by atoms with Crippen molar-refractivity contribution in [3.8, 4) is 38.0 Å². The summed E-state index contributed by atoms with van der Waals surface area (Å²) in [6.45, 7) is 9.15. The van der Waals surface area contributed by atoms with E-state index in [-0.39, 0.29) is 0 Å². The van der Waals surface area contributed by atoms with Crippen LogP contribution >= 0.6 is 11.3 Å². The van der Waals surface area contributed by atoms with Gasteiger partial charge in [-0.25, -0.2) is 4.98 Å². The van der Waals surface area contributed by atoms with Crippen LogP contribution in [0.25, 0.3) is 38.0 Å². The Labute approximate surface area is 219 Å². The number of hydrogen-bond acceptors (Lipinski definition) is 3. The summed E-state index contributed by atoms with van der Waals surface area (Å²) in [5.74, 6) is 1.75. The first-order valence-corrected chi connectivity index (χ1v) is 13.3. The Morgan fingerprint density at radius 2 is 1.17 bits per heavy atom. The van der Waals surface area contributed by atoms with Gasteiger partial charge in [-0.05, 0) is 65.4 Å². The predicted octanol–water partition coefficient (Wildman–Crippen LogP) is 8.76. The number of nitrogens with zero attached hydrogens (tertiary/aromatic N) is 2. The first-order chi connectivity index (χ1) is 17.5. The maximum Gasteiger partial charge on any atom is 0.144 e. The van der Waals surface area contributed by atoms with Crippen LogP contribution in [0.4, 0.5) is 0 Å². The monoisotopic (exact) mass is 493 g/mol. The number of benzene rings is 3. The lowest BCUT2D eigenvalue weighted by molar-refractivity contribution is 0.807. The van der Waals surface area contributed by atoms with Gasteiger partial charge in [-0.3, -0.25) is 4.57 Å². The minimum absolute atomic E-state index is 0.382. The minimum Gasteiger partial charge on any atom is -0.333 e. The molecule has 0 saturated carbocycles. The van der Waals surface area contributed by atoms with Gasteiger partial charge in [0.25, 0.3) is 0 Å². The van der Waals surface area contributed by atoms with Gasteiger partial charge in [0.15, 0.2) is 0 Å². The van der Waals surface area contributed by atoms with Crippen molar-refractivity contribution in [2.24, 2.45) is 5.73 Å². The highest BCUT2D eigenvalue weighted by atomic mass is 32.1. The van der Waals surface area contributed by atoms with Crippen LogP contribution in [0.15, 0.2) is 97.3 Å². The average molecular weight is 494 g/mol. The van der Waals surface area contributed by atoms with E-state index in [4.69, 9.17) is 4.98 Å². The number of nitrogens with two attached hydrogens (primary N) is 1. The number of thiophene rings is 1. The van der Waals surface area contributed by atoms with Crippen LogP contribution in [-0.4, -0.2) is 16.6 Å². The van der Waals surface area contributed by atoms with Crippen molar-refractivity contribution >= 4 is 11.3 Å². The molecule has 2 heterocycles. The molecule has 0 aliphatic rings. The quantitative estimate of drug-likeness (QED) is 0.257. The van der Waals surface area contributed by atoms with E-state index in [1.165, 1.54) is 44.7 Å². The van der Waals surface area contributed by atoms with Gasteiger partial charge in [0.1, 0.15) is 5.82 Å². The van der Waals surface area contributed by atoms with E-state index < -0.39 is 0 Å². The lowest BCUT2D eigenvalue weighted by atomic mass is 9.89. The highest BCUT2D eigenvalue weighted by molar-refractivity contribution is 7.18. The lowest BCUT2D eigenvalue weighted by Crippen LogP contribution is -2.08. The molecule has 184 valence electrons. The Morgan fingerprint density at radius 1 is 0.667 bits per heavy atom. The molecule has 0 bridgehead atoms. The van der Waals surface area contributed by atoms with Crippen molar-refractivity contribution in [3.63, 3.8) is 0 Å². The Balaban J connectivity index is 0.00000148. The van der Waals surface area contributed by atoms with Gasteiger partial charge in [0, 0.05) is 27.7 Å². The lowest BCUT2D eigenvalue weighted by Gasteiger charge is -2.23. The molecule has 5 rings (SSSR count). The van der Waals surface area contributed by atoms with Crippen molar-refractivity contribution in [2.45, 2.75) is 39.5 Å². The fourth-order valence-electron chi connectivity index (χ4n) is 4.52. The van der Waals surface area contributed by atoms with E-state index in [0.717, 1.165) is 11.4 Å². The molecule has 5 aromatic rings. The first kappa shape index (κ1) is 25.6. The van der Waals surface area contributed by atoms with Crippen LogP contribution in [0.2, 0.25) is 0 Å². The Hall–Kier alpha value is -3.47. The second-order valence-corrected chi connectivity index (χ2v) is 10.4. The molecule has 2 N–H and O–H groups in total. The highest BCUT2D eigenvalue weighted by Gasteiger charge is 2.21. The molecule has 0 aliphatic heterocycles. The zero-order chi connectivity index (χ0) is 25.7. The van der Waals surface area contributed by atoms with Gasteiger partial charge >= 0.3 is 0 Å². The minimum atomic E-state index is 0.382. The van der Waals surface area contributed by atoms with Gasteiger partial charge in [-0.1, -0.05) is 88.4 Å². The van der Waals surface area contributed by atoms with Gasteiger partial charge < -0.3 is 5.73 Å². The van der Waals surface area contributed by atoms with Crippen LogP contribution in [0.5, 0.6) is 0 Å². The molecule has 2 aromatic heterocycles. The van der Waals surface area contributed by atoms with Gasteiger partial charge in [0.2, 0.25) is 0 Å². The van der Waals surface area contributed by atoms with Crippen LogP contribution in [-0.2, 0) is 0 Å². The summed E-state index contributed by atoms with van der Waals surface area (Å²) in [6, 6.07) is 30.4. The van der Waals surface area contributed by atoms with Crippen LogP contribution in [0.3, 0.4) is 0 Å². The van der Waals surface area contributed by atoms with Crippen molar-refractivity contribution in [2.75, 3.05) is 7.05 Å². The van der Waals surface area contributed by atoms with E-state index >= 15 is 0 Å².